The van der Waals surface area contributed by atoms with E-state index in [0.29, 0.717) is 19.4 Å². The van der Waals surface area contributed by atoms with Crippen molar-refractivity contribution < 1.29 is 32.3 Å². The normalized spacial score (nSPS) is 14.8. The monoisotopic (exact) mass is 463 g/mol. The Morgan fingerprint density at radius 2 is 2.00 bits per heavy atom. The van der Waals surface area contributed by atoms with E-state index < -0.39 is 29.7 Å². The summed E-state index contributed by atoms with van der Waals surface area (Å²) in [6, 6.07) is 6.53. The lowest BCUT2D eigenvalue weighted by Crippen LogP contribution is -2.39. The molecule has 1 atom stereocenters. The van der Waals surface area contributed by atoms with Crippen LogP contribution in [0.5, 0.6) is 0 Å². The van der Waals surface area contributed by atoms with Crippen LogP contribution in [0.15, 0.2) is 36.4 Å². The maximum atomic E-state index is 13.2. The summed E-state index contributed by atoms with van der Waals surface area (Å²) in [7, 11) is 0. The number of aryl methyl sites for hydroxylation is 1. The van der Waals surface area contributed by atoms with Crippen LogP contribution < -0.4 is 5.32 Å². The minimum atomic E-state index is -4.55. The molecule has 1 unspecified atom stereocenters. The Bertz CT molecular complexity index is 1060. The van der Waals surface area contributed by atoms with Crippen LogP contribution in [0.1, 0.15) is 63.5 Å². The highest BCUT2D eigenvalue weighted by Gasteiger charge is 2.32. The van der Waals surface area contributed by atoms with Crippen LogP contribution in [-0.2, 0) is 15.7 Å². The number of hydrogen-bond acceptors (Lipinski definition) is 5. The van der Waals surface area contributed by atoms with Gasteiger partial charge in [-0.1, -0.05) is 12.1 Å². The number of aromatic nitrogens is 1. The van der Waals surface area contributed by atoms with Gasteiger partial charge < -0.3 is 15.0 Å². The standard InChI is InChI=1S/C23H24F3N3O4/c1-3-33-22(32)17-9-10-18(27-14(17)2)21(31)28-19(13-29-11-5-8-20(29)30)15-6-4-7-16(12-15)23(24,25)26/h4,6-7,9-10,12,19H,3,5,8,11,13H2,1-2H3,(H,28,31). The van der Waals surface area contributed by atoms with Gasteiger partial charge in [-0.2, -0.15) is 13.2 Å². The van der Waals surface area contributed by atoms with E-state index in [9.17, 15) is 27.6 Å². The number of benzene rings is 1. The maximum Gasteiger partial charge on any atom is 0.416 e. The Balaban J connectivity index is 1.87. The van der Waals surface area contributed by atoms with E-state index >= 15 is 0 Å². The number of esters is 1. The summed E-state index contributed by atoms with van der Waals surface area (Å²) < 4.78 is 44.6. The largest absolute Gasteiger partial charge is 0.462 e. The van der Waals surface area contributed by atoms with Crippen molar-refractivity contribution >= 4 is 17.8 Å². The molecule has 10 heteroatoms. The number of carbonyl (C=O) groups excluding carboxylic acids is 3. The van der Waals surface area contributed by atoms with Gasteiger partial charge in [0.1, 0.15) is 5.69 Å². The van der Waals surface area contributed by atoms with E-state index in [1.54, 1.807) is 13.8 Å². The van der Waals surface area contributed by atoms with Crippen LogP contribution in [0.2, 0.25) is 0 Å². The predicted molar refractivity (Wildman–Crippen MR) is 112 cm³/mol. The lowest BCUT2D eigenvalue weighted by atomic mass is 10.0. The first-order chi connectivity index (χ1) is 15.6. The topological polar surface area (TPSA) is 88.6 Å². The molecular weight excluding hydrogens is 439 g/mol. The van der Waals surface area contributed by atoms with Gasteiger partial charge in [-0.15, -0.1) is 0 Å². The van der Waals surface area contributed by atoms with Crippen LogP contribution >= 0.6 is 0 Å². The SMILES string of the molecule is CCOC(=O)c1ccc(C(=O)NC(CN2CCCC2=O)c2cccc(C(F)(F)F)c2)nc1C. The van der Waals surface area contributed by atoms with E-state index in [-0.39, 0.29) is 41.6 Å². The van der Waals surface area contributed by atoms with E-state index in [1.165, 1.54) is 29.2 Å². The van der Waals surface area contributed by atoms with Gasteiger partial charge in [-0.3, -0.25) is 9.59 Å². The third kappa shape index (κ3) is 5.88. The van der Waals surface area contributed by atoms with Gasteiger partial charge in [-0.05, 0) is 50.1 Å². The van der Waals surface area contributed by atoms with Crippen molar-refractivity contribution in [1.82, 2.24) is 15.2 Å². The first-order valence-corrected chi connectivity index (χ1v) is 10.5. The summed E-state index contributed by atoms with van der Waals surface area (Å²) >= 11 is 0. The molecule has 3 rings (SSSR count). The van der Waals surface area contributed by atoms with Crippen LogP contribution in [-0.4, -0.2) is 47.4 Å². The number of rotatable bonds is 7. The van der Waals surface area contributed by atoms with Crippen molar-refractivity contribution in [1.29, 1.82) is 0 Å². The minimum Gasteiger partial charge on any atom is -0.462 e. The number of likely N-dealkylation sites (tertiary alicyclic amines) is 1. The zero-order valence-electron chi connectivity index (χ0n) is 18.2. The molecule has 176 valence electrons. The second-order valence-corrected chi connectivity index (χ2v) is 7.64. The van der Waals surface area contributed by atoms with E-state index in [2.05, 4.69) is 10.3 Å². The number of amides is 2. The van der Waals surface area contributed by atoms with Gasteiger partial charge >= 0.3 is 12.1 Å². The Morgan fingerprint density at radius 3 is 2.61 bits per heavy atom. The molecule has 0 radical (unpaired) electrons. The quantitative estimate of drug-likeness (QED) is 0.633. The first kappa shape index (κ1) is 24.2. The van der Waals surface area contributed by atoms with Gasteiger partial charge in [0, 0.05) is 19.5 Å². The second-order valence-electron chi connectivity index (χ2n) is 7.64. The Morgan fingerprint density at radius 1 is 1.24 bits per heavy atom. The molecule has 1 aliphatic heterocycles. The summed E-state index contributed by atoms with van der Waals surface area (Å²) in [6.07, 6.45) is -3.53. The number of nitrogens with zero attached hydrogens (tertiary/aromatic N) is 2. The highest BCUT2D eigenvalue weighted by Crippen LogP contribution is 2.31. The maximum absolute atomic E-state index is 13.2. The second kappa shape index (κ2) is 10.0. The third-order valence-corrected chi connectivity index (χ3v) is 5.31. The van der Waals surface area contributed by atoms with Gasteiger partial charge in [0.15, 0.2) is 0 Å². The molecule has 1 N–H and O–H groups in total. The lowest BCUT2D eigenvalue weighted by Gasteiger charge is -2.25. The van der Waals surface area contributed by atoms with Crippen LogP contribution in [0.25, 0.3) is 0 Å². The molecule has 33 heavy (non-hydrogen) atoms. The molecule has 0 spiro atoms. The number of pyridine rings is 1. The number of ether oxygens (including phenoxy) is 1. The van der Waals surface area contributed by atoms with Crippen molar-refractivity contribution in [3.8, 4) is 0 Å². The number of hydrogen-bond donors (Lipinski definition) is 1. The van der Waals surface area contributed by atoms with Crippen molar-refractivity contribution in [3.63, 3.8) is 0 Å². The van der Waals surface area contributed by atoms with Crippen molar-refractivity contribution in [2.24, 2.45) is 0 Å². The first-order valence-electron chi connectivity index (χ1n) is 10.5. The zero-order valence-corrected chi connectivity index (χ0v) is 18.2. The molecule has 2 heterocycles. The molecule has 2 aromatic rings. The summed E-state index contributed by atoms with van der Waals surface area (Å²) in [5.41, 5.74) is -0.139. The molecule has 0 saturated carbocycles. The highest BCUT2D eigenvalue weighted by atomic mass is 19.4. The van der Waals surface area contributed by atoms with E-state index in [0.717, 1.165) is 12.1 Å². The van der Waals surface area contributed by atoms with Gasteiger partial charge in [0.05, 0.1) is 29.5 Å². The summed E-state index contributed by atoms with van der Waals surface area (Å²) in [5, 5.41) is 2.70. The molecule has 1 aromatic heterocycles. The molecule has 1 fully saturated rings. The fraction of sp³-hybridized carbons (Fsp3) is 0.391. The minimum absolute atomic E-state index is 0.00901. The third-order valence-electron chi connectivity index (χ3n) is 5.31. The number of nitrogens with one attached hydrogen (secondary N) is 1. The van der Waals surface area contributed by atoms with Gasteiger partial charge in [-0.25, -0.2) is 9.78 Å². The summed E-state index contributed by atoms with van der Waals surface area (Å²) in [4.78, 5) is 42.6. The fourth-order valence-corrected chi connectivity index (χ4v) is 3.63. The van der Waals surface area contributed by atoms with Crippen molar-refractivity contribution in [3.05, 3.63) is 64.5 Å². The summed E-state index contributed by atoms with van der Waals surface area (Å²) in [6.45, 7) is 3.91. The van der Waals surface area contributed by atoms with Crippen LogP contribution in [0.4, 0.5) is 13.2 Å². The lowest BCUT2D eigenvalue weighted by molar-refractivity contribution is -0.137. The molecule has 2 amide bonds. The van der Waals surface area contributed by atoms with Gasteiger partial charge in [0.25, 0.3) is 5.91 Å². The molecule has 1 aromatic carbocycles. The predicted octanol–water partition coefficient (Wildman–Crippen LogP) is 3.68. The highest BCUT2D eigenvalue weighted by molar-refractivity contribution is 5.95. The van der Waals surface area contributed by atoms with Crippen molar-refractivity contribution in [2.45, 2.75) is 38.9 Å². The molecule has 1 aliphatic rings. The Labute approximate surface area is 188 Å². The van der Waals surface area contributed by atoms with Crippen LogP contribution in [0, 0.1) is 6.92 Å². The zero-order chi connectivity index (χ0) is 24.2. The molecule has 0 aliphatic carbocycles. The molecule has 7 nitrogen and oxygen atoms in total. The van der Waals surface area contributed by atoms with Crippen molar-refractivity contribution in [2.75, 3.05) is 19.7 Å². The average Bonchev–Trinajstić information content (AvgIpc) is 3.17. The number of carbonyl (C=O) groups is 3. The molecule has 0 bridgehead atoms. The number of halogens is 3. The Hall–Kier alpha value is -3.43. The van der Waals surface area contributed by atoms with Crippen LogP contribution in [0.3, 0.4) is 0 Å². The van der Waals surface area contributed by atoms with E-state index in [1.807, 2.05) is 0 Å². The molecular formula is C23H24F3N3O4. The average molecular weight is 463 g/mol. The van der Waals surface area contributed by atoms with Gasteiger partial charge in [0.2, 0.25) is 5.91 Å². The van der Waals surface area contributed by atoms with E-state index in [4.69, 9.17) is 4.74 Å². The smallest absolute Gasteiger partial charge is 0.416 e. The fourth-order valence-electron chi connectivity index (χ4n) is 3.63. The Kier molecular flexibility index (Phi) is 7.35. The summed E-state index contributed by atoms with van der Waals surface area (Å²) in [5.74, 6) is -1.32. The number of alkyl halides is 3. The molecule has 1 saturated heterocycles.